The van der Waals surface area contributed by atoms with Crippen molar-refractivity contribution in [3.63, 3.8) is 0 Å². The fraction of sp³-hybridized carbons (Fsp3) is 0.0714. The third-order valence-electron chi connectivity index (χ3n) is 3.07. The van der Waals surface area contributed by atoms with Gasteiger partial charge in [0.2, 0.25) is 0 Å². The topological polar surface area (TPSA) is 60.4 Å². The van der Waals surface area contributed by atoms with E-state index in [1.165, 1.54) is 0 Å². The molecule has 19 heavy (non-hydrogen) atoms. The molecule has 0 aliphatic rings. The van der Waals surface area contributed by atoms with Crippen molar-refractivity contribution < 1.29 is 4.92 Å². The Balaban J connectivity index is 2.16. The Labute approximate surface area is 109 Å². The van der Waals surface area contributed by atoms with Crippen molar-refractivity contribution in [1.82, 2.24) is 9.38 Å². The number of aromatic nitrogens is 2. The van der Waals surface area contributed by atoms with Crippen LogP contribution in [0.5, 0.6) is 0 Å². The molecule has 0 unspecified atom stereocenters. The number of imidazole rings is 1. The van der Waals surface area contributed by atoms with Crippen LogP contribution in [0.15, 0.2) is 48.8 Å². The zero-order chi connectivity index (χ0) is 13.4. The second-order valence-electron chi connectivity index (χ2n) is 4.35. The number of fused-ring (bicyclic) bond motifs is 1. The van der Waals surface area contributed by atoms with Gasteiger partial charge in [-0.3, -0.25) is 10.1 Å². The van der Waals surface area contributed by atoms with Crippen LogP contribution in [0.4, 0.5) is 5.69 Å². The van der Waals surface area contributed by atoms with Crippen LogP contribution in [0.3, 0.4) is 0 Å². The predicted molar refractivity (Wildman–Crippen MR) is 72.0 cm³/mol. The van der Waals surface area contributed by atoms with Gasteiger partial charge in [-0.2, -0.15) is 0 Å². The van der Waals surface area contributed by atoms with Crippen molar-refractivity contribution >= 4 is 11.3 Å². The molecule has 0 saturated heterocycles. The number of pyridine rings is 1. The molecule has 0 atom stereocenters. The van der Waals surface area contributed by atoms with E-state index in [0.29, 0.717) is 5.56 Å². The second-order valence-corrected chi connectivity index (χ2v) is 4.35. The smallest absolute Gasteiger partial charge is 0.272 e. The molecule has 0 bridgehead atoms. The van der Waals surface area contributed by atoms with Gasteiger partial charge in [0.25, 0.3) is 5.69 Å². The predicted octanol–water partition coefficient (Wildman–Crippen LogP) is 3.22. The first kappa shape index (κ1) is 11.4. The molecule has 3 rings (SSSR count). The number of hydrogen-bond acceptors (Lipinski definition) is 3. The first-order chi connectivity index (χ1) is 9.15. The summed E-state index contributed by atoms with van der Waals surface area (Å²) in [7, 11) is 0. The Morgan fingerprint density at radius 1 is 1.26 bits per heavy atom. The maximum absolute atomic E-state index is 11.0. The average Bonchev–Trinajstić information content (AvgIpc) is 2.82. The van der Waals surface area contributed by atoms with Crippen LogP contribution < -0.4 is 0 Å². The molecule has 1 aromatic carbocycles. The van der Waals surface area contributed by atoms with Crippen molar-refractivity contribution in [2.24, 2.45) is 0 Å². The molecule has 0 fully saturated rings. The maximum atomic E-state index is 11.0. The van der Waals surface area contributed by atoms with Crippen LogP contribution in [-0.2, 0) is 0 Å². The molecule has 0 amide bonds. The molecule has 3 aromatic rings. The SMILES string of the molecule is Cc1ccc(-c2cn3ccccc3n2)cc1[N+](=O)[O-]. The summed E-state index contributed by atoms with van der Waals surface area (Å²) in [4.78, 5) is 15.0. The maximum Gasteiger partial charge on any atom is 0.272 e. The summed E-state index contributed by atoms with van der Waals surface area (Å²) >= 11 is 0. The van der Waals surface area contributed by atoms with E-state index in [-0.39, 0.29) is 10.6 Å². The summed E-state index contributed by atoms with van der Waals surface area (Å²) in [6, 6.07) is 10.9. The Hall–Kier alpha value is -2.69. The van der Waals surface area contributed by atoms with E-state index in [1.807, 2.05) is 41.1 Å². The van der Waals surface area contributed by atoms with Gasteiger partial charge in [-0.1, -0.05) is 18.2 Å². The van der Waals surface area contributed by atoms with E-state index in [1.54, 1.807) is 19.1 Å². The highest BCUT2D eigenvalue weighted by molar-refractivity contribution is 5.66. The van der Waals surface area contributed by atoms with Crippen LogP contribution in [0, 0.1) is 17.0 Å². The first-order valence-corrected chi connectivity index (χ1v) is 5.84. The zero-order valence-electron chi connectivity index (χ0n) is 10.3. The van der Waals surface area contributed by atoms with Crippen LogP contribution >= 0.6 is 0 Å². The summed E-state index contributed by atoms with van der Waals surface area (Å²) in [5.41, 5.74) is 3.07. The number of rotatable bonds is 2. The van der Waals surface area contributed by atoms with Crippen LogP contribution in [-0.4, -0.2) is 14.3 Å². The van der Waals surface area contributed by atoms with Gasteiger partial charge in [-0.25, -0.2) is 4.98 Å². The molecule has 2 aromatic heterocycles. The van der Waals surface area contributed by atoms with Gasteiger partial charge >= 0.3 is 0 Å². The van der Waals surface area contributed by atoms with Crippen molar-refractivity contribution in [3.8, 4) is 11.3 Å². The molecule has 2 heterocycles. The van der Waals surface area contributed by atoms with Crippen molar-refractivity contribution in [2.75, 3.05) is 0 Å². The molecular formula is C14H11N3O2. The van der Waals surface area contributed by atoms with Gasteiger partial charge in [0.05, 0.1) is 10.6 Å². The van der Waals surface area contributed by atoms with E-state index < -0.39 is 0 Å². The number of nitro benzene ring substituents is 1. The molecule has 0 aliphatic heterocycles. The van der Waals surface area contributed by atoms with E-state index in [0.717, 1.165) is 16.9 Å². The summed E-state index contributed by atoms with van der Waals surface area (Å²) in [5.74, 6) is 0. The standard InChI is InChI=1S/C14H11N3O2/c1-10-5-6-11(8-13(10)17(18)19)12-9-16-7-3-2-4-14(16)15-12/h2-9H,1H3. The third-order valence-corrected chi connectivity index (χ3v) is 3.07. The Morgan fingerprint density at radius 2 is 2.11 bits per heavy atom. The number of benzene rings is 1. The number of nitrogens with zero attached hydrogens (tertiary/aromatic N) is 3. The van der Waals surface area contributed by atoms with Crippen LogP contribution in [0.25, 0.3) is 16.9 Å². The lowest BCUT2D eigenvalue weighted by Gasteiger charge is -1.99. The van der Waals surface area contributed by atoms with Gasteiger partial charge in [0, 0.05) is 29.6 Å². The van der Waals surface area contributed by atoms with Crippen molar-refractivity contribution in [1.29, 1.82) is 0 Å². The monoisotopic (exact) mass is 253 g/mol. The number of nitro groups is 1. The van der Waals surface area contributed by atoms with Crippen LogP contribution in [0.2, 0.25) is 0 Å². The normalized spacial score (nSPS) is 10.8. The van der Waals surface area contributed by atoms with Crippen molar-refractivity contribution in [2.45, 2.75) is 6.92 Å². The molecule has 5 nitrogen and oxygen atoms in total. The quantitative estimate of drug-likeness (QED) is 0.520. The van der Waals surface area contributed by atoms with Gasteiger partial charge in [-0.15, -0.1) is 0 Å². The molecule has 5 heteroatoms. The average molecular weight is 253 g/mol. The summed E-state index contributed by atoms with van der Waals surface area (Å²) in [6.45, 7) is 1.73. The molecule has 0 aliphatic carbocycles. The van der Waals surface area contributed by atoms with Gasteiger partial charge < -0.3 is 4.40 Å². The summed E-state index contributed by atoms with van der Waals surface area (Å²) in [5, 5.41) is 11.0. The van der Waals surface area contributed by atoms with E-state index in [2.05, 4.69) is 4.98 Å². The number of hydrogen-bond donors (Lipinski definition) is 0. The van der Waals surface area contributed by atoms with Crippen LogP contribution in [0.1, 0.15) is 5.56 Å². The minimum absolute atomic E-state index is 0.120. The fourth-order valence-corrected chi connectivity index (χ4v) is 2.04. The molecular weight excluding hydrogens is 242 g/mol. The van der Waals surface area contributed by atoms with Crippen molar-refractivity contribution in [3.05, 3.63) is 64.5 Å². The zero-order valence-corrected chi connectivity index (χ0v) is 10.3. The summed E-state index contributed by atoms with van der Waals surface area (Å²) < 4.78 is 1.89. The highest BCUT2D eigenvalue weighted by atomic mass is 16.6. The summed E-state index contributed by atoms with van der Waals surface area (Å²) in [6.07, 6.45) is 3.76. The van der Waals surface area contributed by atoms with Gasteiger partial charge in [-0.05, 0) is 19.1 Å². The molecule has 0 spiro atoms. The minimum Gasteiger partial charge on any atom is -0.306 e. The second kappa shape index (κ2) is 4.20. The van der Waals surface area contributed by atoms with Gasteiger partial charge in [0.1, 0.15) is 5.65 Å². The Kier molecular flexibility index (Phi) is 2.52. The first-order valence-electron chi connectivity index (χ1n) is 5.84. The largest absolute Gasteiger partial charge is 0.306 e. The van der Waals surface area contributed by atoms with E-state index in [4.69, 9.17) is 0 Å². The highest BCUT2D eigenvalue weighted by Gasteiger charge is 2.13. The molecule has 0 N–H and O–H groups in total. The fourth-order valence-electron chi connectivity index (χ4n) is 2.04. The van der Waals surface area contributed by atoms with E-state index >= 15 is 0 Å². The lowest BCUT2D eigenvalue weighted by molar-refractivity contribution is -0.385. The molecule has 0 saturated carbocycles. The third kappa shape index (κ3) is 1.95. The Bertz CT molecular complexity index is 744. The lowest BCUT2D eigenvalue weighted by atomic mass is 10.1. The Morgan fingerprint density at radius 3 is 2.84 bits per heavy atom. The molecule has 94 valence electrons. The minimum atomic E-state index is -0.366. The van der Waals surface area contributed by atoms with E-state index in [9.17, 15) is 10.1 Å². The lowest BCUT2D eigenvalue weighted by Crippen LogP contribution is -1.92. The highest BCUT2D eigenvalue weighted by Crippen LogP contribution is 2.26. The number of aryl methyl sites for hydroxylation is 1. The van der Waals surface area contributed by atoms with Gasteiger partial charge in [0.15, 0.2) is 0 Å². The molecule has 0 radical (unpaired) electrons.